The van der Waals surface area contributed by atoms with Crippen molar-refractivity contribution < 1.29 is 9.18 Å². The average molecular weight is 353 g/mol. The molecule has 0 bridgehead atoms. The first-order valence-corrected chi connectivity index (χ1v) is 7.63. The molecule has 0 spiro atoms. The molecule has 1 heterocycles. The van der Waals surface area contributed by atoms with Crippen LogP contribution in [0, 0.1) is 19.7 Å². The number of Topliss-reactive ketones (excluding diaryl/α,β-unsaturated/α-hetero) is 1. The van der Waals surface area contributed by atoms with Crippen molar-refractivity contribution in [3.05, 3.63) is 51.0 Å². The van der Waals surface area contributed by atoms with Crippen LogP contribution in [0.5, 0.6) is 0 Å². The molecular weight excluding hydrogens is 335 g/mol. The highest BCUT2D eigenvalue weighted by atomic mass is 79.9. The molecule has 0 unspecified atom stereocenters. The summed E-state index contributed by atoms with van der Waals surface area (Å²) < 4.78 is 15.6. The van der Waals surface area contributed by atoms with E-state index < -0.39 is 0 Å². The maximum atomic E-state index is 13.4. The Balaban J connectivity index is 2.01. The number of carbonyl (C=O) groups excluding carboxylic acids is 1. The van der Waals surface area contributed by atoms with Crippen LogP contribution in [0.25, 0.3) is 0 Å². The van der Waals surface area contributed by atoms with Crippen LogP contribution in [-0.2, 0) is 24.7 Å². The average Bonchev–Trinajstić information content (AvgIpc) is 2.67. The monoisotopic (exact) mass is 352 g/mol. The second-order valence-corrected chi connectivity index (χ2v) is 5.99. The van der Waals surface area contributed by atoms with Gasteiger partial charge in [0.15, 0.2) is 0 Å². The molecule has 0 N–H and O–H groups in total. The Morgan fingerprint density at radius 1 is 1.38 bits per heavy atom. The van der Waals surface area contributed by atoms with Crippen molar-refractivity contribution in [3.63, 3.8) is 0 Å². The highest BCUT2D eigenvalue weighted by molar-refractivity contribution is 9.10. The van der Waals surface area contributed by atoms with Gasteiger partial charge in [0.05, 0.1) is 10.2 Å². The summed E-state index contributed by atoms with van der Waals surface area (Å²) in [6.07, 6.45) is 1.37. The van der Waals surface area contributed by atoms with Gasteiger partial charge in [0.1, 0.15) is 11.6 Å². The van der Waals surface area contributed by atoms with Crippen molar-refractivity contribution in [2.24, 2.45) is 7.05 Å². The van der Waals surface area contributed by atoms with E-state index in [0.29, 0.717) is 22.9 Å². The number of halogens is 2. The van der Waals surface area contributed by atoms with E-state index in [0.717, 1.165) is 17.0 Å². The molecule has 3 nitrogen and oxygen atoms in total. The zero-order chi connectivity index (χ0) is 15.6. The van der Waals surface area contributed by atoms with Crippen LogP contribution in [0.2, 0.25) is 0 Å². The van der Waals surface area contributed by atoms with E-state index in [1.54, 1.807) is 12.1 Å². The zero-order valence-corrected chi connectivity index (χ0v) is 14.0. The summed E-state index contributed by atoms with van der Waals surface area (Å²) in [5.74, 6) is -0.233. The molecule has 1 aromatic carbocycles. The van der Waals surface area contributed by atoms with Crippen LogP contribution in [0.1, 0.15) is 28.9 Å². The molecule has 21 heavy (non-hydrogen) atoms. The lowest BCUT2D eigenvalue weighted by molar-refractivity contribution is -0.118. The molecule has 112 valence electrons. The number of aryl methyl sites for hydroxylation is 2. The largest absolute Gasteiger partial charge is 0.299 e. The smallest absolute Gasteiger partial charge is 0.137 e. The van der Waals surface area contributed by atoms with Crippen molar-refractivity contribution in [2.45, 2.75) is 33.1 Å². The second kappa shape index (κ2) is 6.52. The second-order valence-electron chi connectivity index (χ2n) is 5.20. The van der Waals surface area contributed by atoms with Gasteiger partial charge < -0.3 is 0 Å². The molecule has 0 radical (unpaired) electrons. The van der Waals surface area contributed by atoms with Gasteiger partial charge in [0.25, 0.3) is 0 Å². The minimum Gasteiger partial charge on any atom is -0.299 e. The first-order valence-electron chi connectivity index (χ1n) is 6.83. The van der Waals surface area contributed by atoms with Crippen molar-refractivity contribution in [1.29, 1.82) is 0 Å². The summed E-state index contributed by atoms with van der Waals surface area (Å²) in [5, 5.41) is 4.35. The third-order valence-electron chi connectivity index (χ3n) is 3.73. The number of rotatable bonds is 5. The SMILES string of the molecule is Cc1nn(C)c(C)c1CCC(=O)Cc1cccc(F)c1Br. The molecule has 0 aliphatic rings. The lowest BCUT2D eigenvalue weighted by atomic mass is 10.0. The van der Waals surface area contributed by atoms with Crippen molar-refractivity contribution >= 4 is 21.7 Å². The predicted molar refractivity (Wildman–Crippen MR) is 83.8 cm³/mol. The van der Waals surface area contributed by atoms with E-state index in [-0.39, 0.29) is 18.0 Å². The molecule has 0 saturated heterocycles. The van der Waals surface area contributed by atoms with E-state index in [9.17, 15) is 9.18 Å². The highest BCUT2D eigenvalue weighted by Gasteiger charge is 2.13. The molecule has 2 rings (SSSR count). The minimum atomic E-state index is -0.334. The van der Waals surface area contributed by atoms with E-state index in [4.69, 9.17) is 0 Å². The summed E-state index contributed by atoms with van der Waals surface area (Å²) in [6.45, 7) is 3.96. The zero-order valence-electron chi connectivity index (χ0n) is 12.4. The lowest BCUT2D eigenvalue weighted by Gasteiger charge is -2.05. The fourth-order valence-corrected chi connectivity index (χ4v) is 2.83. The van der Waals surface area contributed by atoms with Crippen LogP contribution in [0.4, 0.5) is 4.39 Å². The molecule has 0 aliphatic carbocycles. The van der Waals surface area contributed by atoms with Gasteiger partial charge in [-0.15, -0.1) is 0 Å². The van der Waals surface area contributed by atoms with Crippen LogP contribution in [-0.4, -0.2) is 15.6 Å². The topological polar surface area (TPSA) is 34.9 Å². The first kappa shape index (κ1) is 15.9. The van der Waals surface area contributed by atoms with Crippen molar-refractivity contribution in [2.75, 3.05) is 0 Å². The third kappa shape index (κ3) is 3.59. The minimum absolute atomic E-state index is 0.101. The van der Waals surface area contributed by atoms with E-state index >= 15 is 0 Å². The van der Waals surface area contributed by atoms with E-state index in [1.165, 1.54) is 6.07 Å². The van der Waals surface area contributed by atoms with Gasteiger partial charge in [-0.3, -0.25) is 9.48 Å². The number of ketones is 1. The number of carbonyl (C=O) groups is 1. The van der Waals surface area contributed by atoms with Gasteiger partial charge in [-0.1, -0.05) is 12.1 Å². The van der Waals surface area contributed by atoms with Gasteiger partial charge in [-0.25, -0.2) is 4.39 Å². The van der Waals surface area contributed by atoms with Gasteiger partial charge >= 0.3 is 0 Å². The Hall–Kier alpha value is -1.49. The molecule has 0 saturated carbocycles. The van der Waals surface area contributed by atoms with Crippen LogP contribution < -0.4 is 0 Å². The summed E-state index contributed by atoms with van der Waals surface area (Å²) in [6, 6.07) is 4.77. The highest BCUT2D eigenvalue weighted by Crippen LogP contribution is 2.22. The Bertz CT molecular complexity index is 679. The summed E-state index contributed by atoms with van der Waals surface area (Å²) in [4.78, 5) is 12.1. The lowest BCUT2D eigenvalue weighted by Crippen LogP contribution is -2.06. The third-order valence-corrected chi connectivity index (χ3v) is 4.62. The van der Waals surface area contributed by atoms with E-state index in [1.807, 2.05) is 25.6 Å². The molecule has 0 amide bonds. The molecule has 1 aromatic heterocycles. The van der Waals surface area contributed by atoms with Crippen LogP contribution in [0.15, 0.2) is 22.7 Å². The first-order chi connectivity index (χ1) is 9.90. The Morgan fingerprint density at radius 3 is 2.71 bits per heavy atom. The van der Waals surface area contributed by atoms with Crippen molar-refractivity contribution in [1.82, 2.24) is 9.78 Å². The van der Waals surface area contributed by atoms with Crippen LogP contribution >= 0.6 is 15.9 Å². The number of hydrogen-bond acceptors (Lipinski definition) is 2. The Morgan fingerprint density at radius 2 is 2.10 bits per heavy atom. The quantitative estimate of drug-likeness (QED) is 0.822. The fraction of sp³-hybridized carbons (Fsp3) is 0.375. The molecule has 0 atom stereocenters. The maximum absolute atomic E-state index is 13.4. The fourth-order valence-electron chi connectivity index (χ4n) is 2.43. The molecular formula is C16H18BrFN2O. The summed E-state index contributed by atoms with van der Waals surface area (Å²) >= 11 is 3.19. The summed E-state index contributed by atoms with van der Waals surface area (Å²) in [5.41, 5.74) is 3.88. The van der Waals surface area contributed by atoms with Gasteiger partial charge in [-0.05, 0) is 53.4 Å². The number of nitrogens with zero attached hydrogens (tertiary/aromatic N) is 2. The van der Waals surface area contributed by atoms with Crippen molar-refractivity contribution in [3.8, 4) is 0 Å². The molecule has 0 aliphatic heterocycles. The number of benzene rings is 1. The molecule has 0 fully saturated rings. The number of hydrogen-bond donors (Lipinski definition) is 0. The predicted octanol–water partition coefficient (Wildman–Crippen LogP) is 3.68. The van der Waals surface area contributed by atoms with Gasteiger partial charge in [0.2, 0.25) is 0 Å². The Labute approximate surface area is 132 Å². The normalized spacial score (nSPS) is 10.9. The standard InChI is InChI=1S/C16H18BrFN2O/c1-10-14(11(2)20(3)19-10)8-7-13(21)9-12-5-4-6-15(18)16(12)17/h4-6H,7-9H2,1-3H3. The Kier molecular flexibility index (Phi) is 4.93. The molecule has 5 heteroatoms. The van der Waals surface area contributed by atoms with Gasteiger partial charge in [-0.2, -0.15) is 5.10 Å². The van der Waals surface area contributed by atoms with Gasteiger partial charge in [0, 0.05) is 25.6 Å². The van der Waals surface area contributed by atoms with Crippen LogP contribution in [0.3, 0.4) is 0 Å². The number of aromatic nitrogens is 2. The van der Waals surface area contributed by atoms with E-state index in [2.05, 4.69) is 21.0 Å². The maximum Gasteiger partial charge on any atom is 0.137 e. The summed E-state index contributed by atoms with van der Waals surface area (Å²) in [7, 11) is 1.90. The molecule has 2 aromatic rings.